The van der Waals surface area contributed by atoms with Crippen LogP contribution in [0.5, 0.6) is 0 Å². The Morgan fingerprint density at radius 3 is 2.59 bits per heavy atom. The van der Waals surface area contributed by atoms with E-state index in [9.17, 15) is 9.59 Å². The predicted molar refractivity (Wildman–Crippen MR) is 62.6 cm³/mol. The van der Waals surface area contributed by atoms with Crippen LogP contribution >= 0.6 is 0 Å². The van der Waals surface area contributed by atoms with Crippen molar-refractivity contribution < 1.29 is 14.3 Å². The summed E-state index contributed by atoms with van der Waals surface area (Å²) < 4.78 is 5.05. The molecule has 6 heteroatoms. The highest BCUT2D eigenvalue weighted by Gasteiger charge is 2.18. The van der Waals surface area contributed by atoms with Gasteiger partial charge in [-0.15, -0.1) is 0 Å². The normalized spacial score (nSPS) is 10.8. The molecule has 0 aromatic carbocycles. The number of nitrogens with two attached hydrogens (primary N) is 1. The van der Waals surface area contributed by atoms with Gasteiger partial charge in [0.25, 0.3) is 5.91 Å². The molecule has 17 heavy (non-hydrogen) atoms. The standard InChI is InChI=1S/C11H15N3O3/c1-11(2,3)17-10(16)14-8-4-5-13-6-7(8)9(12)15/h4-6H,1-3H3,(H2,12,15)(H,13,14,16). The monoisotopic (exact) mass is 237 g/mol. The van der Waals surface area contributed by atoms with Gasteiger partial charge in [-0.05, 0) is 26.8 Å². The van der Waals surface area contributed by atoms with E-state index in [2.05, 4.69) is 10.3 Å². The Hall–Kier alpha value is -2.11. The number of pyridine rings is 1. The van der Waals surface area contributed by atoms with Gasteiger partial charge in [0.2, 0.25) is 0 Å². The summed E-state index contributed by atoms with van der Waals surface area (Å²) in [6.45, 7) is 5.23. The van der Waals surface area contributed by atoms with Crippen molar-refractivity contribution in [3.05, 3.63) is 24.0 Å². The van der Waals surface area contributed by atoms with Crippen molar-refractivity contribution >= 4 is 17.7 Å². The molecule has 0 saturated carbocycles. The van der Waals surface area contributed by atoms with E-state index in [4.69, 9.17) is 10.5 Å². The number of hydrogen-bond donors (Lipinski definition) is 2. The fourth-order valence-electron chi connectivity index (χ4n) is 1.11. The minimum absolute atomic E-state index is 0.137. The summed E-state index contributed by atoms with van der Waals surface area (Å²) in [7, 11) is 0. The Morgan fingerprint density at radius 1 is 1.41 bits per heavy atom. The second-order valence-electron chi connectivity index (χ2n) is 4.41. The topological polar surface area (TPSA) is 94.3 Å². The zero-order valence-electron chi connectivity index (χ0n) is 9.98. The molecule has 0 atom stereocenters. The zero-order chi connectivity index (χ0) is 13.1. The van der Waals surface area contributed by atoms with Gasteiger partial charge < -0.3 is 10.5 Å². The Labute approximate surface area is 99.2 Å². The fraction of sp³-hybridized carbons (Fsp3) is 0.364. The molecule has 0 saturated heterocycles. The van der Waals surface area contributed by atoms with Crippen molar-refractivity contribution in [1.29, 1.82) is 0 Å². The lowest BCUT2D eigenvalue weighted by Gasteiger charge is -2.20. The van der Waals surface area contributed by atoms with E-state index in [0.717, 1.165) is 0 Å². The summed E-state index contributed by atoms with van der Waals surface area (Å²) in [5.74, 6) is -0.663. The molecule has 0 aliphatic heterocycles. The van der Waals surface area contributed by atoms with Crippen molar-refractivity contribution in [1.82, 2.24) is 4.98 Å². The molecule has 1 aromatic heterocycles. The van der Waals surface area contributed by atoms with Gasteiger partial charge in [0.05, 0.1) is 11.3 Å². The minimum Gasteiger partial charge on any atom is -0.444 e. The maximum absolute atomic E-state index is 11.5. The van der Waals surface area contributed by atoms with Crippen LogP contribution in [-0.4, -0.2) is 22.6 Å². The summed E-state index contributed by atoms with van der Waals surface area (Å²) in [6, 6.07) is 1.48. The molecule has 0 radical (unpaired) electrons. The van der Waals surface area contributed by atoms with Gasteiger partial charge in [0.1, 0.15) is 5.60 Å². The van der Waals surface area contributed by atoms with Gasteiger partial charge >= 0.3 is 6.09 Å². The molecule has 6 nitrogen and oxygen atoms in total. The number of aromatic nitrogens is 1. The third-order valence-electron chi connectivity index (χ3n) is 1.72. The van der Waals surface area contributed by atoms with E-state index in [1.165, 1.54) is 18.5 Å². The van der Waals surface area contributed by atoms with Crippen LogP contribution in [0.3, 0.4) is 0 Å². The third-order valence-corrected chi connectivity index (χ3v) is 1.72. The van der Waals surface area contributed by atoms with E-state index in [-0.39, 0.29) is 11.3 Å². The van der Waals surface area contributed by atoms with Gasteiger partial charge in [0, 0.05) is 12.4 Å². The number of hydrogen-bond acceptors (Lipinski definition) is 4. The van der Waals surface area contributed by atoms with E-state index < -0.39 is 17.6 Å². The average Bonchev–Trinajstić information content (AvgIpc) is 2.14. The highest BCUT2D eigenvalue weighted by Crippen LogP contribution is 2.15. The van der Waals surface area contributed by atoms with Crippen LogP contribution < -0.4 is 11.1 Å². The molecule has 0 unspecified atom stereocenters. The molecule has 2 amide bonds. The summed E-state index contributed by atoms with van der Waals surface area (Å²) >= 11 is 0. The molecule has 3 N–H and O–H groups in total. The highest BCUT2D eigenvalue weighted by atomic mass is 16.6. The molecule has 0 aliphatic rings. The average molecular weight is 237 g/mol. The minimum atomic E-state index is -0.663. The Kier molecular flexibility index (Phi) is 3.67. The largest absolute Gasteiger partial charge is 0.444 e. The summed E-state index contributed by atoms with van der Waals surface area (Å²) in [5.41, 5.74) is 4.96. The summed E-state index contributed by atoms with van der Waals surface area (Å²) in [5, 5.41) is 2.45. The van der Waals surface area contributed by atoms with Crippen molar-refractivity contribution in [2.75, 3.05) is 5.32 Å². The molecule has 0 spiro atoms. The molecule has 0 bridgehead atoms. The van der Waals surface area contributed by atoms with Crippen molar-refractivity contribution in [3.63, 3.8) is 0 Å². The van der Waals surface area contributed by atoms with Crippen molar-refractivity contribution in [3.8, 4) is 0 Å². The third kappa shape index (κ3) is 4.10. The molecular formula is C11H15N3O3. The van der Waals surface area contributed by atoms with Gasteiger partial charge in [-0.3, -0.25) is 15.1 Å². The van der Waals surface area contributed by atoms with Gasteiger partial charge in [0.15, 0.2) is 0 Å². The molecule has 92 valence electrons. The van der Waals surface area contributed by atoms with Crippen LogP contribution in [-0.2, 0) is 4.74 Å². The van der Waals surface area contributed by atoms with Crippen molar-refractivity contribution in [2.24, 2.45) is 5.73 Å². The van der Waals surface area contributed by atoms with Crippen LogP contribution in [0, 0.1) is 0 Å². The molecule has 1 heterocycles. The Bertz CT molecular complexity index is 438. The number of amides is 2. The van der Waals surface area contributed by atoms with Gasteiger partial charge in [-0.1, -0.05) is 0 Å². The lowest BCUT2D eigenvalue weighted by molar-refractivity contribution is 0.0636. The molecule has 0 fully saturated rings. The van der Waals surface area contributed by atoms with E-state index in [0.29, 0.717) is 0 Å². The smallest absolute Gasteiger partial charge is 0.412 e. The van der Waals surface area contributed by atoms with Crippen LogP contribution in [0.4, 0.5) is 10.5 Å². The maximum Gasteiger partial charge on any atom is 0.412 e. The number of carbonyl (C=O) groups excluding carboxylic acids is 2. The van der Waals surface area contributed by atoms with Crippen molar-refractivity contribution in [2.45, 2.75) is 26.4 Å². The zero-order valence-corrected chi connectivity index (χ0v) is 9.98. The highest BCUT2D eigenvalue weighted by molar-refractivity contribution is 6.01. The predicted octanol–water partition coefficient (Wildman–Crippen LogP) is 1.53. The SMILES string of the molecule is CC(C)(C)OC(=O)Nc1ccncc1C(N)=O. The molecule has 1 aromatic rings. The van der Waals surface area contributed by atoms with E-state index in [1.54, 1.807) is 20.8 Å². The fourth-order valence-corrected chi connectivity index (χ4v) is 1.11. The first kappa shape index (κ1) is 13.0. The molecule has 1 rings (SSSR count). The maximum atomic E-state index is 11.5. The number of ether oxygens (including phenoxy) is 1. The summed E-state index contributed by atoms with van der Waals surface area (Å²) in [4.78, 5) is 26.3. The van der Waals surface area contributed by atoms with Crippen LogP contribution in [0.15, 0.2) is 18.5 Å². The molecule has 0 aliphatic carbocycles. The lowest BCUT2D eigenvalue weighted by Crippen LogP contribution is -2.28. The summed E-state index contributed by atoms with van der Waals surface area (Å²) in [6.07, 6.45) is 2.08. The number of anilines is 1. The Balaban J connectivity index is 2.82. The first-order valence-corrected chi connectivity index (χ1v) is 5.03. The van der Waals surface area contributed by atoms with E-state index in [1.807, 2.05) is 0 Å². The molecular weight excluding hydrogens is 222 g/mol. The number of primary amides is 1. The number of rotatable bonds is 2. The van der Waals surface area contributed by atoms with Crippen LogP contribution in [0.2, 0.25) is 0 Å². The van der Waals surface area contributed by atoms with E-state index >= 15 is 0 Å². The Morgan fingerprint density at radius 2 is 2.06 bits per heavy atom. The first-order chi connectivity index (χ1) is 7.79. The second kappa shape index (κ2) is 4.82. The lowest BCUT2D eigenvalue weighted by atomic mass is 10.2. The van der Waals surface area contributed by atoms with Gasteiger partial charge in [-0.25, -0.2) is 4.79 Å². The quantitative estimate of drug-likeness (QED) is 0.815. The van der Waals surface area contributed by atoms with Gasteiger partial charge in [-0.2, -0.15) is 0 Å². The van der Waals surface area contributed by atoms with Crippen LogP contribution in [0.25, 0.3) is 0 Å². The number of nitrogens with zero attached hydrogens (tertiary/aromatic N) is 1. The number of nitrogens with one attached hydrogen (secondary N) is 1. The number of carbonyl (C=O) groups is 2. The van der Waals surface area contributed by atoms with Crippen LogP contribution in [0.1, 0.15) is 31.1 Å². The first-order valence-electron chi connectivity index (χ1n) is 5.03. The second-order valence-corrected chi connectivity index (χ2v) is 4.41.